The standard InChI is InChI=1S/C30H39NO5/c1-18-10-9-13-23-27(33)20(3)19(2)26-24(16-22-11-7-6-8-12-22)31-28(34)30(23,26)25(36-21(4)32)14-15-29(5,35)17-18/h6-9,11-15,18-19,23-27,33,35H,3,10,16-17H2,1-2,4-5H3,(H,31,34)/b13-9+,15-14+. The van der Waals surface area contributed by atoms with Crippen molar-refractivity contribution in [3.05, 3.63) is 72.4 Å². The van der Waals surface area contributed by atoms with Crippen molar-refractivity contribution in [1.82, 2.24) is 5.32 Å². The third-order valence-corrected chi connectivity index (χ3v) is 8.43. The first-order valence-corrected chi connectivity index (χ1v) is 12.9. The summed E-state index contributed by atoms with van der Waals surface area (Å²) in [5.74, 6) is -1.75. The molecule has 0 bridgehead atoms. The first-order valence-electron chi connectivity index (χ1n) is 12.9. The van der Waals surface area contributed by atoms with E-state index in [9.17, 15) is 19.8 Å². The second-order valence-corrected chi connectivity index (χ2v) is 11.3. The molecule has 3 N–H and O–H groups in total. The molecule has 2 aliphatic carbocycles. The van der Waals surface area contributed by atoms with Crippen LogP contribution in [0.1, 0.15) is 46.1 Å². The highest BCUT2D eigenvalue weighted by atomic mass is 16.5. The van der Waals surface area contributed by atoms with Crippen molar-refractivity contribution in [1.29, 1.82) is 0 Å². The number of carbonyl (C=O) groups is 2. The summed E-state index contributed by atoms with van der Waals surface area (Å²) in [4.78, 5) is 26.5. The average molecular weight is 494 g/mol. The lowest BCUT2D eigenvalue weighted by Gasteiger charge is -2.52. The number of ether oxygens (including phenoxy) is 1. The fourth-order valence-electron chi connectivity index (χ4n) is 6.90. The molecule has 9 unspecified atom stereocenters. The van der Waals surface area contributed by atoms with Crippen LogP contribution in [-0.4, -0.2) is 45.9 Å². The van der Waals surface area contributed by atoms with Gasteiger partial charge in [-0.1, -0.05) is 69.0 Å². The maximum Gasteiger partial charge on any atom is 0.303 e. The van der Waals surface area contributed by atoms with Gasteiger partial charge in [-0.15, -0.1) is 0 Å². The van der Waals surface area contributed by atoms with E-state index in [-0.39, 0.29) is 29.7 Å². The molecule has 4 rings (SSSR count). The third kappa shape index (κ3) is 4.69. The highest BCUT2D eigenvalue weighted by molar-refractivity contribution is 5.89. The van der Waals surface area contributed by atoms with Crippen LogP contribution in [0.15, 0.2) is 66.8 Å². The summed E-state index contributed by atoms with van der Waals surface area (Å²) in [6.07, 6.45) is 7.09. The molecule has 1 aromatic rings. The molecule has 6 nitrogen and oxygen atoms in total. The lowest BCUT2D eigenvalue weighted by atomic mass is 9.51. The lowest BCUT2D eigenvalue weighted by molar-refractivity contribution is -0.166. The van der Waals surface area contributed by atoms with Crippen LogP contribution in [0.4, 0.5) is 0 Å². The molecule has 194 valence electrons. The molecule has 1 saturated carbocycles. The topological polar surface area (TPSA) is 95.9 Å². The van der Waals surface area contributed by atoms with Crippen molar-refractivity contribution in [3.63, 3.8) is 0 Å². The SMILES string of the molecule is C=C1C(C)C2C(Cc3ccccc3)NC(=O)C23C(OC(C)=O)/C=C/C(C)(O)CC(C)C/C=C/C3C1O. The minimum absolute atomic E-state index is 0.170. The third-order valence-electron chi connectivity index (χ3n) is 8.43. The zero-order valence-electron chi connectivity index (χ0n) is 21.7. The van der Waals surface area contributed by atoms with Gasteiger partial charge in [-0.2, -0.15) is 0 Å². The molecule has 1 amide bonds. The summed E-state index contributed by atoms with van der Waals surface area (Å²) in [6.45, 7) is 11.3. The smallest absolute Gasteiger partial charge is 0.303 e. The number of nitrogens with one attached hydrogen (secondary N) is 1. The highest BCUT2D eigenvalue weighted by Crippen LogP contribution is 2.58. The molecule has 0 aromatic heterocycles. The van der Waals surface area contributed by atoms with E-state index in [1.165, 1.54) is 6.92 Å². The Morgan fingerprint density at radius 2 is 1.92 bits per heavy atom. The summed E-state index contributed by atoms with van der Waals surface area (Å²) < 4.78 is 5.89. The Balaban J connectivity index is 1.92. The number of aliphatic hydroxyl groups is 2. The van der Waals surface area contributed by atoms with E-state index in [1.54, 1.807) is 19.1 Å². The van der Waals surface area contributed by atoms with E-state index < -0.39 is 35.1 Å². The van der Waals surface area contributed by atoms with Crippen molar-refractivity contribution in [2.24, 2.45) is 29.1 Å². The van der Waals surface area contributed by atoms with Gasteiger partial charge in [-0.05, 0) is 55.2 Å². The van der Waals surface area contributed by atoms with Gasteiger partial charge in [0.25, 0.3) is 0 Å². The monoisotopic (exact) mass is 493 g/mol. The summed E-state index contributed by atoms with van der Waals surface area (Å²) in [5.41, 5.74) is -0.635. The molecule has 1 aromatic carbocycles. The predicted molar refractivity (Wildman–Crippen MR) is 139 cm³/mol. The Bertz CT molecular complexity index is 1060. The normalized spacial score (nSPS) is 42.3. The Morgan fingerprint density at radius 1 is 1.22 bits per heavy atom. The predicted octanol–water partition coefficient (Wildman–Crippen LogP) is 3.74. The van der Waals surface area contributed by atoms with Gasteiger partial charge in [-0.3, -0.25) is 9.59 Å². The van der Waals surface area contributed by atoms with Gasteiger partial charge in [0, 0.05) is 24.8 Å². The Hall–Kier alpha value is -2.70. The van der Waals surface area contributed by atoms with Gasteiger partial charge in [0.05, 0.1) is 11.7 Å². The molecule has 2 fully saturated rings. The molecule has 36 heavy (non-hydrogen) atoms. The summed E-state index contributed by atoms with van der Waals surface area (Å²) in [5, 5.41) is 25.8. The molecule has 1 heterocycles. The molecule has 1 aliphatic heterocycles. The van der Waals surface area contributed by atoms with E-state index >= 15 is 0 Å². The van der Waals surface area contributed by atoms with E-state index in [2.05, 4.69) is 18.8 Å². The van der Waals surface area contributed by atoms with Gasteiger partial charge in [0.15, 0.2) is 0 Å². The second kappa shape index (κ2) is 9.98. The van der Waals surface area contributed by atoms with Gasteiger partial charge in [0.2, 0.25) is 5.91 Å². The zero-order valence-corrected chi connectivity index (χ0v) is 21.7. The molecule has 9 atom stereocenters. The molecule has 1 spiro atoms. The largest absolute Gasteiger partial charge is 0.457 e. The molecule has 0 radical (unpaired) electrons. The van der Waals surface area contributed by atoms with Crippen molar-refractivity contribution < 1.29 is 24.5 Å². The first-order chi connectivity index (χ1) is 17.0. The minimum atomic E-state index is -1.26. The first kappa shape index (κ1) is 26.4. The number of esters is 1. The molecular weight excluding hydrogens is 454 g/mol. The lowest BCUT2D eigenvalue weighted by Crippen LogP contribution is -2.60. The zero-order chi connectivity index (χ0) is 26.3. The Labute approximate surface area is 214 Å². The van der Waals surface area contributed by atoms with Crippen molar-refractivity contribution in [2.45, 2.75) is 70.8 Å². The van der Waals surface area contributed by atoms with E-state index in [0.29, 0.717) is 24.8 Å². The summed E-state index contributed by atoms with van der Waals surface area (Å²) >= 11 is 0. The Kier molecular flexibility index (Phi) is 7.31. The second-order valence-electron chi connectivity index (χ2n) is 11.3. The summed E-state index contributed by atoms with van der Waals surface area (Å²) in [6, 6.07) is 9.73. The minimum Gasteiger partial charge on any atom is -0.457 e. The summed E-state index contributed by atoms with van der Waals surface area (Å²) in [7, 11) is 0. The van der Waals surface area contributed by atoms with Crippen molar-refractivity contribution >= 4 is 11.9 Å². The molecule has 3 aliphatic rings. The van der Waals surface area contributed by atoms with Crippen LogP contribution < -0.4 is 5.32 Å². The van der Waals surface area contributed by atoms with Crippen molar-refractivity contribution in [2.75, 3.05) is 0 Å². The molecule has 6 heteroatoms. The highest BCUT2D eigenvalue weighted by Gasteiger charge is 2.68. The van der Waals surface area contributed by atoms with Gasteiger partial charge in [-0.25, -0.2) is 0 Å². The number of rotatable bonds is 3. The van der Waals surface area contributed by atoms with E-state index in [1.807, 2.05) is 49.4 Å². The maximum atomic E-state index is 14.2. The van der Waals surface area contributed by atoms with Crippen LogP contribution in [0.3, 0.4) is 0 Å². The van der Waals surface area contributed by atoms with Gasteiger partial charge < -0.3 is 20.3 Å². The molecule has 1 saturated heterocycles. The number of allylic oxidation sites excluding steroid dienone is 1. The van der Waals surface area contributed by atoms with Crippen LogP contribution in [-0.2, 0) is 20.7 Å². The quantitative estimate of drug-likeness (QED) is 0.440. The molecular formula is C30H39NO5. The maximum absolute atomic E-state index is 14.2. The Morgan fingerprint density at radius 3 is 2.58 bits per heavy atom. The number of carbonyl (C=O) groups excluding carboxylic acids is 2. The van der Waals surface area contributed by atoms with Crippen LogP contribution in [0.2, 0.25) is 0 Å². The number of hydrogen-bond acceptors (Lipinski definition) is 5. The van der Waals surface area contributed by atoms with Crippen LogP contribution in [0.25, 0.3) is 0 Å². The number of hydrogen-bond donors (Lipinski definition) is 3. The number of amides is 1. The van der Waals surface area contributed by atoms with E-state index in [4.69, 9.17) is 4.74 Å². The van der Waals surface area contributed by atoms with Crippen LogP contribution >= 0.6 is 0 Å². The fraction of sp³-hybridized carbons (Fsp3) is 0.533. The van der Waals surface area contributed by atoms with E-state index in [0.717, 1.165) is 5.56 Å². The van der Waals surface area contributed by atoms with Gasteiger partial charge >= 0.3 is 5.97 Å². The number of aliphatic hydroxyl groups excluding tert-OH is 1. The average Bonchev–Trinajstić information content (AvgIpc) is 3.08. The number of benzene rings is 1. The fourth-order valence-corrected chi connectivity index (χ4v) is 6.90. The van der Waals surface area contributed by atoms with Crippen LogP contribution in [0.5, 0.6) is 0 Å². The van der Waals surface area contributed by atoms with Crippen molar-refractivity contribution in [3.8, 4) is 0 Å². The van der Waals surface area contributed by atoms with Gasteiger partial charge in [0.1, 0.15) is 11.5 Å². The van der Waals surface area contributed by atoms with Crippen LogP contribution in [0, 0.1) is 29.1 Å².